The molecule has 48 heavy (non-hydrogen) atoms. The van der Waals surface area contributed by atoms with Crippen LogP contribution in [-0.4, -0.2) is 22.2 Å². The molecule has 0 atom stereocenters. The van der Waals surface area contributed by atoms with Gasteiger partial charge in [-0.05, 0) is 109 Å². The maximum Gasteiger partial charge on any atom is 0.416 e. The van der Waals surface area contributed by atoms with Crippen molar-refractivity contribution in [3.05, 3.63) is 141 Å². The van der Waals surface area contributed by atoms with Crippen LogP contribution in [0.2, 0.25) is 0 Å². The van der Waals surface area contributed by atoms with Crippen LogP contribution in [0, 0.1) is 11.7 Å². The summed E-state index contributed by atoms with van der Waals surface area (Å²) in [6.45, 7) is -0.651. The van der Waals surface area contributed by atoms with E-state index in [0.29, 0.717) is 37.8 Å². The van der Waals surface area contributed by atoms with Gasteiger partial charge in [0.1, 0.15) is 18.2 Å². The number of alkyl halides is 6. The molecule has 0 saturated heterocycles. The summed E-state index contributed by atoms with van der Waals surface area (Å²) < 4.78 is 99.8. The van der Waals surface area contributed by atoms with Gasteiger partial charge in [0.2, 0.25) is 0 Å². The van der Waals surface area contributed by atoms with Crippen molar-refractivity contribution in [2.24, 2.45) is 5.92 Å². The van der Waals surface area contributed by atoms with Crippen LogP contribution in [-0.2, 0) is 31.8 Å². The van der Waals surface area contributed by atoms with Crippen molar-refractivity contribution in [2.45, 2.75) is 44.6 Å². The third-order valence-corrected chi connectivity index (χ3v) is 7.57. The summed E-state index contributed by atoms with van der Waals surface area (Å²) in [5.74, 6) is -2.87. The highest BCUT2D eigenvalue weighted by Gasteiger charge is 2.37. The highest BCUT2D eigenvalue weighted by Crippen LogP contribution is 2.37. The number of allylic oxidation sites excluding steroid dienone is 1. The Kier molecular flexibility index (Phi) is 11.3. The Bertz CT molecular complexity index is 1670. The number of benzene rings is 4. The van der Waals surface area contributed by atoms with E-state index in [0.717, 1.165) is 23.3 Å². The topological polar surface area (TPSA) is 83.8 Å². The Morgan fingerprint density at radius 3 is 1.58 bits per heavy atom. The van der Waals surface area contributed by atoms with E-state index < -0.39 is 47.8 Å². The number of carboxylic acid groups (broad SMARTS) is 2. The van der Waals surface area contributed by atoms with Gasteiger partial charge in [0.25, 0.3) is 0 Å². The normalized spacial score (nSPS) is 12.1. The molecule has 0 bridgehead atoms. The number of halogens is 7. The predicted octanol–water partition coefficient (Wildman–Crippen LogP) is 9.73. The maximum atomic E-state index is 14.3. The molecule has 4 rings (SSSR count). The second kappa shape index (κ2) is 15.2. The lowest BCUT2D eigenvalue weighted by molar-refractivity contribution is -0.143. The van der Waals surface area contributed by atoms with Crippen molar-refractivity contribution >= 4 is 18.0 Å². The molecule has 0 amide bonds. The molecule has 0 aliphatic heterocycles. The van der Waals surface area contributed by atoms with Crippen LogP contribution in [0.3, 0.4) is 0 Å². The van der Waals surface area contributed by atoms with Crippen molar-refractivity contribution in [2.75, 3.05) is 0 Å². The molecule has 4 aromatic carbocycles. The second-order valence-electron chi connectivity index (χ2n) is 11.1. The van der Waals surface area contributed by atoms with Crippen LogP contribution >= 0.6 is 0 Å². The van der Waals surface area contributed by atoms with Gasteiger partial charge in [-0.25, -0.2) is 14.0 Å². The number of ether oxygens (including phenoxy) is 1. The van der Waals surface area contributed by atoms with Gasteiger partial charge in [-0.15, -0.1) is 0 Å². The minimum Gasteiger partial charge on any atom is -0.488 e. The fraction of sp³-hybridized carbons (Fsp3) is 0.222. The largest absolute Gasteiger partial charge is 0.488 e. The third kappa shape index (κ3) is 10.2. The van der Waals surface area contributed by atoms with E-state index in [2.05, 4.69) is 0 Å². The van der Waals surface area contributed by atoms with Crippen molar-refractivity contribution in [1.29, 1.82) is 0 Å². The predicted molar refractivity (Wildman–Crippen MR) is 163 cm³/mol. The van der Waals surface area contributed by atoms with Gasteiger partial charge in [0, 0.05) is 5.56 Å². The summed E-state index contributed by atoms with van der Waals surface area (Å²) in [6.07, 6.45) is -4.43. The van der Waals surface area contributed by atoms with E-state index in [4.69, 9.17) is 14.9 Å². The van der Waals surface area contributed by atoms with Crippen LogP contribution in [0.4, 0.5) is 30.7 Å². The summed E-state index contributed by atoms with van der Waals surface area (Å²) in [5, 5.41) is 18.3. The quantitative estimate of drug-likeness (QED) is 0.138. The molecule has 0 fully saturated rings. The Balaban J connectivity index is 1.56. The summed E-state index contributed by atoms with van der Waals surface area (Å²) in [5.41, 5.74) is -1.11. The first-order chi connectivity index (χ1) is 22.6. The average Bonchev–Trinajstić information content (AvgIpc) is 3.03. The Morgan fingerprint density at radius 2 is 1.15 bits per heavy atom. The molecule has 252 valence electrons. The molecule has 0 radical (unpaired) electrons. The smallest absolute Gasteiger partial charge is 0.416 e. The Labute approximate surface area is 270 Å². The molecule has 0 heterocycles. The molecule has 0 spiro atoms. The van der Waals surface area contributed by atoms with Crippen molar-refractivity contribution in [3.8, 4) is 5.75 Å². The average molecular weight is 675 g/mol. The van der Waals surface area contributed by atoms with Gasteiger partial charge in [-0.1, -0.05) is 36.4 Å². The minimum absolute atomic E-state index is 0.0245. The highest BCUT2D eigenvalue weighted by atomic mass is 19.4. The monoisotopic (exact) mass is 674 g/mol. The molecular formula is C36H29F7O5. The zero-order chi connectivity index (χ0) is 35.1. The Hall–Kier alpha value is -5.13. The highest BCUT2D eigenvalue weighted by molar-refractivity contribution is 5.88. The first-order valence-corrected chi connectivity index (χ1v) is 14.6. The molecule has 0 unspecified atom stereocenters. The van der Waals surface area contributed by atoms with Gasteiger partial charge < -0.3 is 14.9 Å². The molecule has 0 saturated carbocycles. The molecule has 2 N–H and O–H groups in total. The Morgan fingerprint density at radius 1 is 0.667 bits per heavy atom. The zero-order valence-corrected chi connectivity index (χ0v) is 25.1. The van der Waals surface area contributed by atoms with Gasteiger partial charge in [-0.2, -0.15) is 26.3 Å². The summed E-state index contributed by atoms with van der Waals surface area (Å²) in [6, 6.07) is 17.3. The SMILES string of the molecule is O=C(O)c1ccc(CCC(/C=C/c2cc(F)ccc2OCc2cc(C(F)(F)F)cc(C(F)(F)F)c2)CCc2ccc(C(=O)O)cc2)cc1. The molecule has 5 nitrogen and oxygen atoms in total. The molecule has 0 aliphatic carbocycles. The lowest BCUT2D eigenvalue weighted by Gasteiger charge is -2.16. The van der Waals surface area contributed by atoms with E-state index >= 15 is 0 Å². The standard InChI is InChI=1S/C36H29F7O5/c37-31-15-16-32(48-21-25-17-29(35(38,39)40)20-30(18-25)36(41,42)43)28(19-31)14-9-22(1-3-23-5-10-26(11-6-23)33(44)45)2-4-24-7-12-27(13-8-24)34(46)47/h5-20,22H,1-4,21H2,(H,44,45)(H,46,47)/b14-9+. The molecule has 12 heteroatoms. The third-order valence-electron chi connectivity index (χ3n) is 7.57. The lowest BCUT2D eigenvalue weighted by Crippen LogP contribution is -2.12. The van der Waals surface area contributed by atoms with Crippen molar-refractivity contribution < 1.29 is 55.3 Å². The second-order valence-corrected chi connectivity index (χ2v) is 11.1. The van der Waals surface area contributed by atoms with Gasteiger partial charge in [-0.3, -0.25) is 0 Å². The number of aromatic carboxylic acids is 2. The fourth-order valence-electron chi connectivity index (χ4n) is 4.95. The van der Waals surface area contributed by atoms with E-state index in [1.165, 1.54) is 30.3 Å². The van der Waals surface area contributed by atoms with Gasteiger partial charge >= 0.3 is 24.3 Å². The summed E-state index contributed by atoms with van der Waals surface area (Å²) in [7, 11) is 0. The molecule has 0 aliphatic rings. The van der Waals surface area contributed by atoms with Gasteiger partial charge in [0.05, 0.1) is 22.3 Å². The minimum atomic E-state index is -5.02. The van der Waals surface area contributed by atoms with Crippen LogP contribution < -0.4 is 4.74 Å². The number of carboxylic acids is 2. The van der Waals surface area contributed by atoms with E-state index in [1.54, 1.807) is 36.4 Å². The number of hydrogen-bond acceptors (Lipinski definition) is 3. The molecule has 0 aromatic heterocycles. The van der Waals surface area contributed by atoms with E-state index in [-0.39, 0.29) is 40.0 Å². The first kappa shape index (κ1) is 35.7. The number of carbonyl (C=O) groups is 2. The summed E-state index contributed by atoms with van der Waals surface area (Å²) >= 11 is 0. The van der Waals surface area contributed by atoms with Gasteiger partial charge in [0.15, 0.2) is 0 Å². The van der Waals surface area contributed by atoms with Crippen molar-refractivity contribution in [3.63, 3.8) is 0 Å². The molecular weight excluding hydrogens is 645 g/mol. The number of rotatable bonds is 13. The van der Waals surface area contributed by atoms with Crippen LogP contribution in [0.5, 0.6) is 5.75 Å². The van der Waals surface area contributed by atoms with E-state index in [9.17, 15) is 40.3 Å². The van der Waals surface area contributed by atoms with Crippen molar-refractivity contribution in [1.82, 2.24) is 0 Å². The van der Waals surface area contributed by atoms with E-state index in [1.807, 2.05) is 0 Å². The maximum absolute atomic E-state index is 14.3. The van der Waals surface area contributed by atoms with Crippen LogP contribution in [0.1, 0.15) is 66.9 Å². The molecule has 4 aromatic rings. The lowest BCUT2D eigenvalue weighted by atomic mass is 9.91. The first-order valence-electron chi connectivity index (χ1n) is 14.6. The number of aryl methyl sites for hydroxylation is 2. The van der Waals surface area contributed by atoms with Crippen LogP contribution in [0.15, 0.2) is 91.0 Å². The summed E-state index contributed by atoms with van der Waals surface area (Å²) in [4.78, 5) is 22.4. The fourth-order valence-corrected chi connectivity index (χ4v) is 4.95. The van der Waals surface area contributed by atoms with Crippen LogP contribution in [0.25, 0.3) is 6.08 Å². The number of hydrogen-bond donors (Lipinski definition) is 2. The zero-order valence-electron chi connectivity index (χ0n) is 25.1.